The van der Waals surface area contributed by atoms with Gasteiger partial charge in [0.15, 0.2) is 11.2 Å². The van der Waals surface area contributed by atoms with Crippen molar-refractivity contribution in [1.29, 1.82) is 0 Å². The number of nitrogens with two attached hydrogens (primary N) is 1. The number of hydrogen-bond donors (Lipinski definition) is 2. The van der Waals surface area contributed by atoms with E-state index in [9.17, 15) is 14.7 Å². The number of carbonyl (C=O) groups is 1. The molecule has 5 aromatic rings. The van der Waals surface area contributed by atoms with Crippen molar-refractivity contribution in [3.8, 4) is 28.3 Å². The van der Waals surface area contributed by atoms with Gasteiger partial charge in [-0.3, -0.25) is 19.1 Å². The first kappa shape index (κ1) is 28.7. The summed E-state index contributed by atoms with van der Waals surface area (Å²) in [4.78, 5) is 32.3. The Balaban J connectivity index is 0.00000353. The molecule has 1 aliphatic heterocycles. The Morgan fingerprint density at radius 3 is 2.57 bits per heavy atom. The smallest absolute Gasteiger partial charge is 0.284 e. The highest BCUT2D eigenvalue weighted by molar-refractivity contribution is 6.02. The first-order valence-electron chi connectivity index (χ1n) is 13.1. The maximum atomic E-state index is 15.7. The summed E-state index contributed by atoms with van der Waals surface area (Å²) in [6.45, 7) is 2.03. The van der Waals surface area contributed by atoms with Crippen molar-refractivity contribution in [3.63, 3.8) is 0 Å². The number of nitrogens with zero attached hydrogens (tertiary/aromatic N) is 5. The van der Waals surface area contributed by atoms with Crippen molar-refractivity contribution in [2.24, 2.45) is 5.73 Å². The van der Waals surface area contributed by atoms with Crippen LogP contribution in [0.25, 0.3) is 33.5 Å². The van der Waals surface area contributed by atoms with Gasteiger partial charge in [-0.2, -0.15) is 5.10 Å². The molecule has 6 rings (SSSR count). The first-order valence-corrected chi connectivity index (χ1v) is 13.1. The summed E-state index contributed by atoms with van der Waals surface area (Å²) in [6.07, 6.45) is 1.57. The summed E-state index contributed by atoms with van der Waals surface area (Å²) in [5.41, 5.74) is 7.73. The predicted octanol–water partition coefficient (Wildman–Crippen LogP) is 3.69. The maximum absolute atomic E-state index is 15.7. The first-order chi connectivity index (χ1) is 19.8. The molecule has 0 spiro atoms. The summed E-state index contributed by atoms with van der Waals surface area (Å²) in [5.74, 6) is -0.870. The third-order valence-electron chi connectivity index (χ3n) is 7.31. The number of β-amino-alcohol motifs (C(OH)–C–C–N with tert-alkyl or cyclic N) is 1. The van der Waals surface area contributed by atoms with Gasteiger partial charge in [0.1, 0.15) is 23.4 Å². The van der Waals surface area contributed by atoms with Crippen LogP contribution in [0, 0.1) is 5.82 Å². The maximum Gasteiger partial charge on any atom is 0.284 e. The highest BCUT2D eigenvalue weighted by atomic mass is 19.1. The number of carbonyl (C=O) groups excluding carboxylic acids is 1. The molecule has 0 unspecified atom stereocenters. The summed E-state index contributed by atoms with van der Waals surface area (Å²) in [5, 5.41) is 14.2. The molecule has 1 amide bonds. The Hall–Kier alpha value is -4.87. The fraction of sp³-hybridized carbons (Fsp3) is 0.226. The van der Waals surface area contributed by atoms with E-state index < -0.39 is 17.3 Å². The molecule has 0 saturated carbocycles. The fourth-order valence-electron chi connectivity index (χ4n) is 5.26. The molecular weight excluding hydrogens is 539 g/mol. The van der Waals surface area contributed by atoms with Crippen molar-refractivity contribution in [2.45, 2.75) is 26.5 Å². The zero-order valence-electron chi connectivity index (χ0n) is 22.2. The Bertz CT molecular complexity index is 1830. The van der Waals surface area contributed by atoms with Crippen LogP contribution >= 0.6 is 0 Å². The number of likely N-dealkylation sites (tertiary alicyclic amines) is 1. The molecule has 216 valence electrons. The zero-order valence-corrected chi connectivity index (χ0v) is 22.2. The van der Waals surface area contributed by atoms with Crippen LogP contribution in [0.3, 0.4) is 0 Å². The molecule has 42 heavy (non-hydrogen) atoms. The lowest BCUT2D eigenvalue weighted by Gasteiger charge is -2.18. The van der Waals surface area contributed by atoms with Crippen LogP contribution in [0.5, 0.6) is 5.75 Å². The number of fused-ring (bicyclic) bond motifs is 1. The summed E-state index contributed by atoms with van der Waals surface area (Å²) in [7, 11) is 1.53. The summed E-state index contributed by atoms with van der Waals surface area (Å²) in [6, 6.07) is 19.1. The van der Waals surface area contributed by atoms with E-state index in [4.69, 9.17) is 10.5 Å². The van der Waals surface area contributed by atoms with Gasteiger partial charge in [0.2, 0.25) is 0 Å². The molecule has 3 aromatic carbocycles. The van der Waals surface area contributed by atoms with Crippen LogP contribution in [0.1, 0.15) is 29.9 Å². The Morgan fingerprint density at radius 2 is 1.90 bits per heavy atom. The fourth-order valence-corrected chi connectivity index (χ4v) is 5.26. The summed E-state index contributed by atoms with van der Waals surface area (Å²) < 4.78 is 23.3. The number of aromatic nitrogens is 4. The number of amides is 1. The quantitative estimate of drug-likeness (QED) is 0.305. The van der Waals surface area contributed by atoms with Gasteiger partial charge in [-0.25, -0.2) is 14.1 Å². The Kier molecular flexibility index (Phi) is 7.88. The molecule has 11 heteroatoms. The van der Waals surface area contributed by atoms with Gasteiger partial charge in [0.05, 0.1) is 24.6 Å². The Morgan fingerprint density at radius 1 is 1.14 bits per heavy atom. The average molecular weight is 571 g/mol. The lowest BCUT2D eigenvalue weighted by Crippen LogP contribution is -2.22. The van der Waals surface area contributed by atoms with E-state index in [0.717, 1.165) is 28.7 Å². The molecule has 0 radical (unpaired) electrons. The lowest BCUT2D eigenvalue weighted by molar-refractivity contribution is 0.0996. The summed E-state index contributed by atoms with van der Waals surface area (Å²) >= 11 is 0. The predicted molar refractivity (Wildman–Crippen MR) is 158 cm³/mol. The van der Waals surface area contributed by atoms with Gasteiger partial charge in [0.25, 0.3) is 11.5 Å². The van der Waals surface area contributed by atoms with E-state index in [1.165, 1.54) is 30.3 Å². The van der Waals surface area contributed by atoms with E-state index in [-0.39, 0.29) is 35.9 Å². The number of hydrogen-bond acceptors (Lipinski definition) is 7. The second-order valence-corrected chi connectivity index (χ2v) is 9.94. The number of aliphatic hydroxyl groups excluding tert-OH is 1. The number of primary amides is 1. The van der Waals surface area contributed by atoms with E-state index >= 15 is 4.39 Å². The molecule has 0 bridgehead atoms. The van der Waals surface area contributed by atoms with E-state index in [1.807, 2.05) is 24.3 Å². The standard InChI is InChI=1S/C30H27FN6O4.CH4/c1-41-22-9-7-20(8-10-22)37-28-26(27(34-37)29(32)39)33-17-36(30(28)40)25-11-6-18(14-24(25)31)23-5-3-2-4-19(23)15-35-13-12-21(38)16-35;/h2-11,14,17,21,38H,12-13,15-16H2,1H3,(H2,32,39);1H4/t21-;/m1./s1. The average Bonchev–Trinajstić information content (AvgIpc) is 3.58. The third kappa shape index (κ3) is 5.15. The number of ether oxygens (including phenoxy) is 1. The molecule has 3 heterocycles. The number of rotatable bonds is 7. The minimum absolute atomic E-state index is 0. The molecule has 2 aromatic heterocycles. The van der Waals surface area contributed by atoms with Gasteiger partial charge < -0.3 is 15.6 Å². The SMILES string of the molecule is C.COc1ccc(-n2nc(C(N)=O)c3ncn(-c4ccc(-c5ccccc5CN5CC[C@@H](O)C5)cc4F)c(=O)c32)cc1. The highest BCUT2D eigenvalue weighted by Crippen LogP contribution is 2.29. The van der Waals surface area contributed by atoms with Crippen molar-refractivity contribution < 1.29 is 19.0 Å². The molecular formula is C31H31FN6O4. The molecule has 3 N–H and O–H groups in total. The van der Waals surface area contributed by atoms with Crippen molar-refractivity contribution in [1.82, 2.24) is 24.2 Å². The third-order valence-corrected chi connectivity index (χ3v) is 7.31. The van der Waals surface area contributed by atoms with E-state index in [2.05, 4.69) is 15.0 Å². The molecule has 0 aliphatic carbocycles. The van der Waals surface area contributed by atoms with Crippen LogP contribution in [0.4, 0.5) is 4.39 Å². The highest BCUT2D eigenvalue weighted by Gasteiger charge is 2.24. The minimum Gasteiger partial charge on any atom is -0.497 e. The largest absolute Gasteiger partial charge is 0.497 e. The number of halogens is 1. The molecule has 1 atom stereocenters. The van der Waals surface area contributed by atoms with Crippen LogP contribution in [-0.4, -0.2) is 61.5 Å². The number of benzene rings is 3. The van der Waals surface area contributed by atoms with Gasteiger partial charge in [-0.05, 0) is 59.5 Å². The van der Waals surface area contributed by atoms with Crippen molar-refractivity contribution >= 4 is 16.9 Å². The second-order valence-electron chi connectivity index (χ2n) is 9.94. The molecule has 1 aliphatic rings. The lowest BCUT2D eigenvalue weighted by atomic mass is 9.99. The zero-order chi connectivity index (χ0) is 28.7. The van der Waals surface area contributed by atoms with Crippen LogP contribution in [0.15, 0.2) is 77.9 Å². The van der Waals surface area contributed by atoms with Gasteiger partial charge in [-0.15, -0.1) is 0 Å². The van der Waals surface area contributed by atoms with Gasteiger partial charge >= 0.3 is 0 Å². The Labute approximate surface area is 241 Å². The van der Waals surface area contributed by atoms with Gasteiger partial charge in [0, 0.05) is 19.6 Å². The molecule has 1 saturated heterocycles. The molecule has 1 fully saturated rings. The van der Waals surface area contributed by atoms with E-state index in [0.29, 0.717) is 30.1 Å². The van der Waals surface area contributed by atoms with Crippen LogP contribution in [-0.2, 0) is 6.54 Å². The van der Waals surface area contributed by atoms with Crippen LogP contribution in [0.2, 0.25) is 0 Å². The number of aliphatic hydroxyl groups is 1. The van der Waals surface area contributed by atoms with Crippen molar-refractivity contribution in [3.05, 3.63) is 100 Å². The normalized spacial score (nSPS) is 15.1. The van der Waals surface area contributed by atoms with Gasteiger partial charge in [-0.1, -0.05) is 37.8 Å². The van der Waals surface area contributed by atoms with Crippen LogP contribution < -0.4 is 16.0 Å². The monoisotopic (exact) mass is 570 g/mol. The van der Waals surface area contributed by atoms with E-state index in [1.54, 1.807) is 30.3 Å². The minimum atomic E-state index is -0.843. The van der Waals surface area contributed by atoms with Crippen molar-refractivity contribution in [2.75, 3.05) is 20.2 Å². The molecule has 10 nitrogen and oxygen atoms in total. The second kappa shape index (κ2) is 11.6. The topological polar surface area (TPSA) is 128 Å². The number of methoxy groups -OCH3 is 1.